The molecule has 1 aliphatic heterocycles. The number of hydrogen-bond donors (Lipinski definition) is 4. The van der Waals surface area contributed by atoms with Crippen molar-refractivity contribution in [1.29, 1.82) is 0 Å². The molecule has 0 saturated carbocycles. The zero-order valence-electron chi connectivity index (χ0n) is 23.0. The Morgan fingerprint density at radius 1 is 0.805 bits per heavy atom. The number of carbonyl (C=O) groups is 2. The highest BCUT2D eigenvalue weighted by atomic mass is 16.5. The monoisotopic (exact) mass is 553 g/mol. The number of aryl methyl sites for hydroxylation is 1. The Bertz CT molecular complexity index is 1440. The zero-order valence-corrected chi connectivity index (χ0v) is 23.0. The van der Waals surface area contributed by atoms with Crippen LogP contribution < -0.4 is 20.9 Å². The summed E-state index contributed by atoms with van der Waals surface area (Å²) in [6.07, 6.45) is 3.88. The minimum Gasteiger partial charge on any atom is -0.394 e. The van der Waals surface area contributed by atoms with Gasteiger partial charge < -0.3 is 35.3 Å². The first-order valence-corrected chi connectivity index (χ1v) is 13.8. The number of amides is 2. The Balaban J connectivity index is 1.10. The Morgan fingerprint density at radius 3 is 1.90 bits per heavy atom. The number of aliphatic hydroxyl groups excluding tert-OH is 1. The van der Waals surface area contributed by atoms with Crippen molar-refractivity contribution in [2.75, 3.05) is 47.2 Å². The molecule has 1 aliphatic rings. The van der Waals surface area contributed by atoms with Crippen LogP contribution in [0, 0.1) is 0 Å². The van der Waals surface area contributed by atoms with Gasteiger partial charge in [-0.1, -0.05) is 0 Å². The smallest absolute Gasteiger partial charge is 0.272 e. The topological polar surface area (TPSA) is 108 Å². The number of nitrogens with one attached hydrogen (secondary N) is 3. The molecule has 5 rings (SSSR count). The summed E-state index contributed by atoms with van der Waals surface area (Å²) in [5.41, 5.74) is 5.43. The lowest BCUT2D eigenvalue weighted by atomic mass is 10.1. The summed E-state index contributed by atoms with van der Waals surface area (Å²) in [5, 5.41) is 18.1. The van der Waals surface area contributed by atoms with Crippen LogP contribution in [0.25, 0.3) is 0 Å². The van der Waals surface area contributed by atoms with E-state index in [0.29, 0.717) is 29.2 Å². The molecule has 0 spiro atoms. The molecule has 212 valence electrons. The highest BCUT2D eigenvalue weighted by molar-refractivity contribution is 6.04. The average molecular weight is 554 g/mol. The van der Waals surface area contributed by atoms with Crippen molar-refractivity contribution in [1.82, 2.24) is 4.57 Å². The van der Waals surface area contributed by atoms with Crippen molar-refractivity contribution >= 4 is 40.3 Å². The van der Waals surface area contributed by atoms with E-state index in [2.05, 4.69) is 20.9 Å². The van der Waals surface area contributed by atoms with Gasteiger partial charge in [-0.15, -0.1) is 0 Å². The number of anilines is 5. The fourth-order valence-electron chi connectivity index (χ4n) is 4.86. The molecule has 9 nitrogen and oxygen atoms in total. The van der Waals surface area contributed by atoms with Crippen molar-refractivity contribution in [3.63, 3.8) is 0 Å². The Morgan fingerprint density at radius 2 is 1.37 bits per heavy atom. The Kier molecular flexibility index (Phi) is 8.98. The van der Waals surface area contributed by atoms with Crippen LogP contribution in [0.5, 0.6) is 0 Å². The molecule has 1 saturated heterocycles. The molecule has 0 aliphatic carbocycles. The van der Waals surface area contributed by atoms with Crippen LogP contribution in [0.1, 0.15) is 33.7 Å². The lowest BCUT2D eigenvalue weighted by Crippen LogP contribution is -2.37. The molecule has 0 atom stereocenters. The molecule has 2 heterocycles. The number of ether oxygens (including phenoxy) is 1. The van der Waals surface area contributed by atoms with Gasteiger partial charge in [0, 0.05) is 60.3 Å². The Hall–Kier alpha value is -4.60. The van der Waals surface area contributed by atoms with Crippen molar-refractivity contribution in [2.24, 2.45) is 7.05 Å². The summed E-state index contributed by atoms with van der Waals surface area (Å²) < 4.78 is 7.42. The maximum Gasteiger partial charge on any atom is 0.272 e. The molecule has 4 aromatic rings. The molecular weight excluding hydrogens is 518 g/mol. The van der Waals surface area contributed by atoms with Crippen LogP contribution in [-0.2, 0) is 11.8 Å². The van der Waals surface area contributed by atoms with Gasteiger partial charge in [-0.25, -0.2) is 0 Å². The maximum absolute atomic E-state index is 12.8. The molecule has 0 unspecified atom stereocenters. The first-order valence-electron chi connectivity index (χ1n) is 13.8. The van der Waals surface area contributed by atoms with E-state index in [0.717, 1.165) is 43.0 Å². The molecule has 2 amide bonds. The van der Waals surface area contributed by atoms with Gasteiger partial charge in [0.2, 0.25) is 0 Å². The van der Waals surface area contributed by atoms with Crippen molar-refractivity contribution < 1.29 is 19.4 Å². The fourth-order valence-corrected chi connectivity index (χ4v) is 4.86. The lowest BCUT2D eigenvalue weighted by molar-refractivity contribution is 0.0159. The summed E-state index contributed by atoms with van der Waals surface area (Å²) in [6, 6.07) is 26.3. The molecule has 3 aromatic carbocycles. The van der Waals surface area contributed by atoms with E-state index in [-0.39, 0.29) is 24.5 Å². The summed E-state index contributed by atoms with van der Waals surface area (Å²) in [5.74, 6) is -0.324. The van der Waals surface area contributed by atoms with Crippen molar-refractivity contribution in [2.45, 2.75) is 18.9 Å². The first kappa shape index (κ1) is 27.9. The fraction of sp³-hybridized carbons (Fsp3) is 0.250. The van der Waals surface area contributed by atoms with Crippen LogP contribution in [-0.4, -0.2) is 53.9 Å². The second-order valence-electron chi connectivity index (χ2n) is 10.0. The van der Waals surface area contributed by atoms with Gasteiger partial charge in [-0.05, 0) is 97.8 Å². The van der Waals surface area contributed by atoms with Gasteiger partial charge in [0.25, 0.3) is 11.8 Å². The number of carbonyl (C=O) groups excluding carboxylic acids is 2. The number of aliphatic hydroxyl groups is 1. The molecule has 1 fully saturated rings. The number of benzene rings is 3. The number of nitrogens with zero attached hydrogens (tertiary/aromatic N) is 2. The van der Waals surface area contributed by atoms with E-state index >= 15 is 0 Å². The summed E-state index contributed by atoms with van der Waals surface area (Å²) in [6.45, 7) is 2.21. The van der Waals surface area contributed by atoms with Gasteiger partial charge in [-0.3, -0.25) is 9.59 Å². The van der Waals surface area contributed by atoms with Crippen LogP contribution >= 0.6 is 0 Å². The van der Waals surface area contributed by atoms with Crippen molar-refractivity contribution in [3.05, 3.63) is 102 Å². The number of aromatic nitrogens is 1. The van der Waals surface area contributed by atoms with Crippen LogP contribution in [0.3, 0.4) is 0 Å². The second-order valence-corrected chi connectivity index (χ2v) is 10.0. The largest absolute Gasteiger partial charge is 0.394 e. The first-order chi connectivity index (χ1) is 20.0. The molecule has 9 heteroatoms. The lowest BCUT2D eigenvalue weighted by Gasteiger charge is -2.33. The summed E-state index contributed by atoms with van der Waals surface area (Å²) in [4.78, 5) is 27.5. The second kappa shape index (κ2) is 13.2. The molecule has 0 radical (unpaired) electrons. The molecule has 4 N–H and O–H groups in total. The van der Waals surface area contributed by atoms with Crippen LogP contribution in [0.4, 0.5) is 28.4 Å². The standard InChI is InChI=1S/C32H35N5O4/c1-36-18-2-3-30(36)32(40)35-27-12-8-25(9-13-27)33-24-6-10-26(11-7-24)34-31(39)23-4-14-28(15-5-23)37-19-16-29(17-20-37)41-22-21-38/h2-15,18,29,33,38H,16-17,19-22H2,1H3,(H,34,39)(H,35,40). The minimum atomic E-state index is -0.165. The van der Waals surface area contributed by atoms with E-state index < -0.39 is 0 Å². The average Bonchev–Trinajstić information content (AvgIpc) is 3.44. The SMILES string of the molecule is Cn1cccc1C(=O)Nc1ccc(Nc2ccc(NC(=O)c3ccc(N4CCC(OCCO)CC4)cc3)cc2)cc1. The van der Waals surface area contributed by atoms with Crippen LogP contribution in [0.15, 0.2) is 91.1 Å². The van der Waals surface area contributed by atoms with E-state index in [1.165, 1.54) is 0 Å². The normalized spacial score (nSPS) is 13.6. The van der Waals surface area contributed by atoms with E-state index in [9.17, 15) is 9.59 Å². The van der Waals surface area contributed by atoms with E-state index in [1.54, 1.807) is 10.6 Å². The highest BCUT2D eigenvalue weighted by Gasteiger charge is 2.20. The van der Waals surface area contributed by atoms with E-state index in [1.807, 2.05) is 92.1 Å². The zero-order chi connectivity index (χ0) is 28.6. The van der Waals surface area contributed by atoms with Gasteiger partial charge >= 0.3 is 0 Å². The van der Waals surface area contributed by atoms with Gasteiger partial charge in [-0.2, -0.15) is 0 Å². The predicted octanol–water partition coefficient (Wildman–Crippen LogP) is 5.25. The number of hydrogen-bond acceptors (Lipinski definition) is 6. The molecule has 1 aromatic heterocycles. The summed E-state index contributed by atoms with van der Waals surface area (Å²) >= 11 is 0. The minimum absolute atomic E-state index is 0.0538. The maximum atomic E-state index is 12.8. The van der Waals surface area contributed by atoms with Gasteiger partial charge in [0.1, 0.15) is 5.69 Å². The third-order valence-corrected chi connectivity index (χ3v) is 7.13. The van der Waals surface area contributed by atoms with Gasteiger partial charge in [0.05, 0.1) is 19.3 Å². The third-order valence-electron chi connectivity index (χ3n) is 7.13. The predicted molar refractivity (Wildman–Crippen MR) is 162 cm³/mol. The third kappa shape index (κ3) is 7.33. The molecular formula is C32H35N5O4. The van der Waals surface area contributed by atoms with Crippen molar-refractivity contribution in [3.8, 4) is 0 Å². The van der Waals surface area contributed by atoms with E-state index in [4.69, 9.17) is 9.84 Å². The Labute approximate surface area is 239 Å². The quantitative estimate of drug-likeness (QED) is 0.214. The number of piperidine rings is 1. The van der Waals surface area contributed by atoms with Crippen LogP contribution in [0.2, 0.25) is 0 Å². The highest BCUT2D eigenvalue weighted by Crippen LogP contribution is 2.24. The van der Waals surface area contributed by atoms with Gasteiger partial charge in [0.15, 0.2) is 0 Å². The molecule has 41 heavy (non-hydrogen) atoms. The summed E-state index contributed by atoms with van der Waals surface area (Å²) in [7, 11) is 1.83. The molecule has 0 bridgehead atoms. The number of rotatable bonds is 10.